The van der Waals surface area contributed by atoms with Gasteiger partial charge in [-0.2, -0.15) is 8.78 Å². The number of fused-ring (bicyclic) bond motifs is 1. The molecule has 0 saturated carbocycles. The van der Waals surface area contributed by atoms with Crippen LogP contribution in [-0.2, 0) is 17.9 Å². The highest BCUT2D eigenvalue weighted by atomic mass is 19.3. The smallest absolute Gasteiger partial charge is 0.387 e. The monoisotopic (exact) mass is 448 g/mol. The maximum Gasteiger partial charge on any atom is 0.387 e. The molecule has 3 rings (SSSR count). The van der Waals surface area contributed by atoms with Gasteiger partial charge >= 0.3 is 6.61 Å². The Bertz CT molecular complexity index is 965. The van der Waals surface area contributed by atoms with E-state index in [0.29, 0.717) is 29.6 Å². The van der Waals surface area contributed by atoms with Crippen molar-refractivity contribution in [2.24, 2.45) is 10.9 Å². The molecule has 10 heteroatoms. The standard InChI is InChI=1S/C22H26F2N4O4/c1-13(2)20(29)28-16-6-4-14(5-7-16)10-26-22(25-3)27-11-15-8-18-19(31-12-30-18)9-17(15)32-21(23)24/h4-9,13,21H,10-12H2,1-3H3,(H,28,29)(H2,25,26,27). The molecule has 2 aromatic carbocycles. The van der Waals surface area contributed by atoms with Crippen molar-refractivity contribution in [3.8, 4) is 17.2 Å². The molecule has 0 spiro atoms. The minimum Gasteiger partial charge on any atom is -0.454 e. The van der Waals surface area contributed by atoms with Gasteiger partial charge in [0.2, 0.25) is 12.7 Å². The van der Waals surface area contributed by atoms with Crippen LogP contribution >= 0.6 is 0 Å². The highest BCUT2D eigenvalue weighted by Crippen LogP contribution is 2.38. The maximum atomic E-state index is 12.8. The van der Waals surface area contributed by atoms with E-state index in [0.717, 1.165) is 11.3 Å². The normalized spacial score (nSPS) is 12.8. The van der Waals surface area contributed by atoms with Crippen LogP contribution in [0.4, 0.5) is 14.5 Å². The highest BCUT2D eigenvalue weighted by Gasteiger charge is 2.20. The summed E-state index contributed by atoms with van der Waals surface area (Å²) in [6.07, 6.45) is 0. The van der Waals surface area contributed by atoms with Crippen molar-refractivity contribution in [3.63, 3.8) is 0 Å². The lowest BCUT2D eigenvalue weighted by Gasteiger charge is -2.15. The third-order valence-electron chi connectivity index (χ3n) is 4.65. The molecule has 0 saturated heterocycles. The summed E-state index contributed by atoms with van der Waals surface area (Å²) in [7, 11) is 1.61. The van der Waals surface area contributed by atoms with Crippen LogP contribution in [0.25, 0.3) is 0 Å². The van der Waals surface area contributed by atoms with Crippen LogP contribution in [-0.4, -0.2) is 32.3 Å². The van der Waals surface area contributed by atoms with Gasteiger partial charge in [0.25, 0.3) is 0 Å². The Hall–Kier alpha value is -3.56. The molecule has 0 atom stereocenters. The number of anilines is 1. The van der Waals surface area contributed by atoms with Gasteiger partial charge in [0.15, 0.2) is 17.5 Å². The molecule has 0 aromatic heterocycles. The number of nitrogens with one attached hydrogen (secondary N) is 3. The first-order valence-electron chi connectivity index (χ1n) is 10.1. The van der Waals surface area contributed by atoms with Crippen molar-refractivity contribution < 1.29 is 27.8 Å². The molecule has 8 nitrogen and oxygen atoms in total. The molecule has 1 amide bonds. The van der Waals surface area contributed by atoms with Gasteiger partial charge in [-0.05, 0) is 23.8 Å². The summed E-state index contributed by atoms with van der Waals surface area (Å²) in [5.74, 6) is 1.17. The second-order valence-electron chi connectivity index (χ2n) is 7.31. The lowest BCUT2D eigenvalue weighted by molar-refractivity contribution is -0.118. The molecular formula is C22H26F2N4O4. The fraction of sp³-hybridized carbons (Fsp3) is 0.364. The zero-order valence-corrected chi connectivity index (χ0v) is 18.1. The molecule has 0 aliphatic carbocycles. The SMILES string of the molecule is CN=C(NCc1ccc(NC(=O)C(C)C)cc1)NCc1cc2c(cc1OC(F)F)OCO2. The van der Waals surface area contributed by atoms with Crippen LogP contribution in [0.3, 0.4) is 0 Å². The number of ether oxygens (including phenoxy) is 3. The second kappa shape index (κ2) is 10.7. The number of halogens is 2. The molecule has 1 aliphatic heterocycles. The summed E-state index contributed by atoms with van der Waals surface area (Å²) in [4.78, 5) is 15.9. The van der Waals surface area contributed by atoms with Crippen LogP contribution in [0.5, 0.6) is 17.2 Å². The molecule has 0 radical (unpaired) electrons. The van der Waals surface area contributed by atoms with Gasteiger partial charge in [0.05, 0.1) is 0 Å². The van der Waals surface area contributed by atoms with Gasteiger partial charge in [-0.25, -0.2) is 0 Å². The van der Waals surface area contributed by atoms with E-state index in [9.17, 15) is 13.6 Å². The van der Waals surface area contributed by atoms with Gasteiger partial charge in [0.1, 0.15) is 5.75 Å². The average Bonchev–Trinajstić information content (AvgIpc) is 3.21. The Labute approximate surface area is 185 Å². The first-order chi connectivity index (χ1) is 15.4. The Morgan fingerprint density at radius 2 is 1.75 bits per heavy atom. The summed E-state index contributed by atoms with van der Waals surface area (Å²) in [5, 5.41) is 9.06. The lowest BCUT2D eigenvalue weighted by Crippen LogP contribution is -2.36. The Morgan fingerprint density at radius 1 is 1.09 bits per heavy atom. The molecule has 2 aromatic rings. The van der Waals surface area contributed by atoms with E-state index in [2.05, 4.69) is 25.7 Å². The zero-order valence-electron chi connectivity index (χ0n) is 18.1. The minimum atomic E-state index is -2.96. The fourth-order valence-electron chi connectivity index (χ4n) is 2.89. The molecule has 1 aliphatic rings. The topological polar surface area (TPSA) is 93.2 Å². The van der Waals surface area contributed by atoms with Gasteiger partial charge in [0, 0.05) is 43.4 Å². The third kappa shape index (κ3) is 6.22. The van der Waals surface area contributed by atoms with E-state index in [-0.39, 0.29) is 30.9 Å². The number of alkyl halides is 2. The van der Waals surface area contributed by atoms with Crippen molar-refractivity contribution in [1.82, 2.24) is 10.6 Å². The van der Waals surface area contributed by atoms with E-state index >= 15 is 0 Å². The summed E-state index contributed by atoms with van der Waals surface area (Å²) in [6, 6.07) is 10.4. The Balaban J connectivity index is 1.57. The van der Waals surface area contributed by atoms with E-state index in [1.54, 1.807) is 13.1 Å². The van der Waals surface area contributed by atoms with Crippen molar-refractivity contribution >= 4 is 17.6 Å². The molecule has 0 fully saturated rings. The molecule has 32 heavy (non-hydrogen) atoms. The van der Waals surface area contributed by atoms with Gasteiger partial charge < -0.3 is 30.2 Å². The number of carbonyl (C=O) groups is 1. The van der Waals surface area contributed by atoms with Gasteiger partial charge in [-0.1, -0.05) is 26.0 Å². The summed E-state index contributed by atoms with van der Waals surface area (Å²) < 4.78 is 40.7. The first kappa shape index (κ1) is 23.1. The van der Waals surface area contributed by atoms with Gasteiger partial charge in [-0.3, -0.25) is 9.79 Å². The van der Waals surface area contributed by atoms with Crippen LogP contribution < -0.4 is 30.2 Å². The summed E-state index contributed by atoms with van der Waals surface area (Å²) in [6.45, 7) is 1.39. The van der Waals surface area contributed by atoms with Crippen molar-refractivity contribution in [2.75, 3.05) is 19.2 Å². The van der Waals surface area contributed by atoms with Crippen molar-refractivity contribution in [2.45, 2.75) is 33.5 Å². The maximum absolute atomic E-state index is 12.8. The fourth-order valence-corrected chi connectivity index (χ4v) is 2.89. The van der Waals surface area contributed by atoms with Crippen LogP contribution in [0.15, 0.2) is 41.4 Å². The summed E-state index contributed by atoms with van der Waals surface area (Å²) in [5.41, 5.74) is 2.17. The number of carbonyl (C=O) groups excluding carboxylic acids is 1. The van der Waals surface area contributed by atoms with Crippen LogP contribution in [0.1, 0.15) is 25.0 Å². The number of benzene rings is 2. The van der Waals surface area contributed by atoms with Crippen LogP contribution in [0, 0.1) is 5.92 Å². The number of nitrogens with zero attached hydrogens (tertiary/aromatic N) is 1. The molecule has 3 N–H and O–H groups in total. The number of amides is 1. The Kier molecular flexibility index (Phi) is 7.69. The Morgan fingerprint density at radius 3 is 2.38 bits per heavy atom. The molecule has 172 valence electrons. The first-order valence-corrected chi connectivity index (χ1v) is 10.1. The predicted octanol–water partition coefficient (Wildman–Crippen LogP) is 3.48. The molecule has 0 bridgehead atoms. The largest absolute Gasteiger partial charge is 0.454 e. The molecular weight excluding hydrogens is 422 g/mol. The van der Waals surface area contributed by atoms with E-state index in [1.807, 2.05) is 38.1 Å². The zero-order chi connectivity index (χ0) is 23.1. The average molecular weight is 448 g/mol. The van der Waals surface area contributed by atoms with Crippen molar-refractivity contribution in [3.05, 3.63) is 47.5 Å². The summed E-state index contributed by atoms with van der Waals surface area (Å²) >= 11 is 0. The van der Waals surface area contributed by atoms with E-state index < -0.39 is 6.61 Å². The molecule has 1 heterocycles. The number of hydrogen-bond acceptors (Lipinski definition) is 5. The quantitative estimate of drug-likeness (QED) is 0.423. The van der Waals surface area contributed by atoms with E-state index in [4.69, 9.17) is 9.47 Å². The number of hydrogen-bond donors (Lipinski definition) is 3. The minimum absolute atomic E-state index is 0.00577. The highest BCUT2D eigenvalue weighted by molar-refractivity contribution is 5.92. The third-order valence-corrected chi connectivity index (χ3v) is 4.65. The van der Waals surface area contributed by atoms with Gasteiger partial charge in [-0.15, -0.1) is 0 Å². The lowest BCUT2D eigenvalue weighted by atomic mass is 10.1. The van der Waals surface area contributed by atoms with Crippen LogP contribution in [0.2, 0.25) is 0 Å². The number of aliphatic imine (C=N–C) groups is 1. The number of rotatable bonds is 8. The second-order valence-corrected chi connectivity index (χ2v) is 7.31. The van der Waals surface area contributed by atoms with Crippen molar-refractivity contribution in [1.29, 1.82) is 0 Å². The van der Waals surface area contributed by atoms with E-state index in [1.165, 1.54) is 6.07 Å². The molecule has 0 unspecified atom stereocenters. The predicted molar refractivity (Wildman–Crippen MR) is 116 cm³/mol. The number of guanidine groups is 1.